The molecule has 1 N–H and O–H groups in total. The lowest BCUT2D eigenvalue weighted by atomic mass is 10.1. The minimum Gasteiger partial charge on any atom is -0.381 e. The molecule has 0 bridgehead atoms. The highest BCUT2D eigenvalue weighted by Gasteiger charge is 2.39. The van der Waals surface area contributed by atoms with Gasteiger partial charge in [-0.3, -0.25) is 9.59 Å². The number of carbonyl (C=O) groups excluding carboxylic acids is 2. The maximum absolute atomic E-state index is 12.8. The summed E-state index contributed by atoms with van der Waals surface area (Å²) in [4.78, 5) is 26.7. The van der Waals surface area contributed by atoms with Crippen LogP contribution in [0.15, 0.2) is 24.3 Å². The first-order valence-electron chi connectivity index (χ1n) is 8.86. The van der Waals surface area contributed by atoms with E-state index in [1.807, 2.05) is 30.0 Å². The molecule has 0 spiro atoms. The Morgan fingerprint density at radius 3 is 2.79 bits per heavy atom. The van der Waals surface area contributed by atoms with Gasteiger partial charge < -0.3 is 15.0 Å². The molecule has 3 rings (SSSR count). The Morgan fingerprint density at radius 2 is 2.17 bits per heavy atom. The van der Waals surface area contributed by atoms with E-state index in [-0.39, 0.29) is 17.7 Å². The van der Waals surface area contributed by atoms with Crippen molar-refractivity contribution in [1.82, 2.24) is 4.90 Å². The molecule has 1 saturated heterocycles. The summed E-state index contributed by atoms with van der Waals surface area (Å²) < 4.78 is 5.40. The van der Waals surface area contributed by atoms with Crippen LogP contribution in [0.1, 0.15) is 37.0 Å². The molecule has 2 fully saturated rings. The predicted molar refractivity (Wildman–Crippen MR) is 92.8 cm³/mol. The molecule has 130 valence electrons. The van der Waals surface area contributed by atoms with E-state index in [1.165, 1.54) is 0 Å². The van der Waals surface area contributed by atoms with Crippen LogP contribution >= 0.6 is 0 Å². The third-order valence-corrected chi connectivity index (χ3v) is 4.99. The van der Waals surface area contributed by atoms with Gasteiger partial charge in [0, 0.05) is 42.8 Å². The first-order chi connectivity index (χ1) is 11.6. The molecule has 3 atom stereocenters. The summed E-state index contributed by atoms with van der Waals surface area (Å²) in [5, 5.41) is 2.93. The lowest BCUT2D eigenvalue weighted by molar-refractivity contribution is -0.117. The van der Waals surface area contributed by atoms with Crippen molar-refractivity contribution in [1.29, 1.82) is 0 Å². The highest BCUT2D eigenvalue weighted by molar-refractivity contribution is 5.98. The summed E-state index contributed by atoms with van der Waals surface area (Å²) in [6, 6.07) is 7.25. The number of benzene rings is 1. The summed E-state index contributed by atoms with van der Waals surface area (Å²) >= 11 is 0. The zero-order chi connectivity index (χ0) is 17.1. The van der Waals surface area contributed by atoms with Crippen molar-refractivity contribution in [2.75, 3.05) is 31.6 Å². The molecule has 2 amide bonds. The average Bonchev–Trinajstić information content (AvgIpc) is 3.09. The molecule has 1 aliphatic carbocycles. The minimum atomic E-state index is 0.0142. The Bertz CT molecular complexity index is 610. The first kappa shape index (κ1) is 17.0. The van der Waals surface area contributed by atoms with Gasteiger partial charge in [-0.1, -0.05) is 13.0 Å². The molecular formula is C19H26N2O3. The summed E-state index contributed by atoms with van der Waals surface area (Å²) in [5.74, 6) is 1.09. The maximum atomic E-state index is 12.8. The Balaban J connectivity index is 1.64. The Hall–Kier alpha value is -1.88. The van der Waals surface area contributed by atoms with E-state index < -0.39 is 0 Å². The molecular weight excluding hydrogens is 304 g/mol. The van der Waals surface area contributed by atoms with Crippen molar-refractivity contribution in [2.45, 2.75) is 26.7 Å². The zero-order valence-corrected chi connectivity index (χ0v) is 14.5. The summed E-state index contributed by atoms with van der Waals surface area (Å²) in [6.45, 7) is 7.00. The van der Waals surface area contributed by atoms with Crippen molar-refractivity contribution in [3.8, 4) is 0 Å². The van der Waals surface area contributed by atoms with Crippen LogP contribution in [0.4, 0.5) is 5.69 Å². The Kier molecular flexibility index (Phi) is 5.19. The fourth-order valence-electron chi connectivity index (χ4n) is 3.23. The van der Waals surface area contributed by atoms with Crippen molar-refractivity contribution < 1.29 is 14.3 Å². The topological polar surface area (TPSA) is 58.6 Å². The molecule has 1 heterocycles. The quantitative estimate of drug-likeness (QED) is 0.872. The van der Waals surface area contributed by atoms with Crippen molar-refractivity contribution in [2.24, 2.45) is 17.8 Å². The van der Waals surface area contributed by atoms with Crippen LogP contribution in [-0.2, 0) is 9.53 Å². The van der Waals surface area contributed by atoms with Crippen LogP contribution in [0.25, 0.3) is 0 Å². The SMILES string of the molecule is CCN(C[C@@H]1CCOC1)C(=O)c1cccc(NC(=O)[C@H]2C[C@H]2C)c1. The fourth-order valence-corrected chi connectivity index (χ4v) is 3.23. The summed E-state index contributed by atoms with van der Waals surface area (Å²) in [7, 11) is 0. The second-order valence-electron chi connectivity index (χ2n) is 6.96. The highest BCUT2D eigenvalue weighted by Crippen LogP contribution is 2.38. The third kappa shape index (κ3) is 3.96. The van der Waals surface area contributed by atoms with Gasteiger partial charge in [0.1, 0.15) is 0 Å². The second kappa shape index (κ2) is 7.34. The molecule has 5 heteroatoms. The van der Waals surface area contributed by atoms with E-state index in [0.29, 0.717) is 29.6 Å². The normalized spacial score (nSPS) is 25.3. The molecule has 24 heavy (non-hydrogen) atoms. The van der Waals surface area contributed by atoms with Crippen LogP contribution in [0.3, 0.4) is 0 Å². The minimum absolute atomic E-state index is 0.0142. The molecule has 1 aromatic carbocycles. The number of amides is 2. The molecule has 2 aliphatic rings. The second-order valence-corrected chi connectivity index (χ2v) is 6.96. The largest absolute Gasteiger partial charge is 0.381 e. The van der Waals surface area contributed by atoms with E-state index in [0.717, 1.165) is 32.6 Å². The smallest absolute Gasteiger partial charge is 0.253 e. The molecule has 5 nitrogen and oxygen atoms in total. The van der Waals surface area contributed by atoms with E-state index in [9.17, 15) is 9.59 Å². The fraction of sp³-hybridized carbons (Fsp3) is 0.579. The van der Waals surface area contributed by atoms with Gasteiger partial charge in [0.15, 0.2) is 0 Å². The molecule has 1 aromatic rings. The lowest BCUT2D eigenvalue weighted by Gasteiger charge is -2.24. The van der Waals surface area contributed by atoms with E-state index >= 15 is 0 Å². The van der Waals surface area contributed by atoms with Gasteiger partial charge in [0.05, 0.1) is 6.61 Å². The van der Waals surface area contributed by atoms with Crippen LogP contribution < -0.4 is 5.32 Å². The van der Waals surface area contributed by atoms with Gasteiger partial charge in [-0.2, -0.15) is 0 Å². The number of rotatable bonds is 6. The van der Waals surface area contributed by atoms with Crippen LogP contribution in [0.2, 0.25) is 0 Å². The van der Waals surface area contributed by atoms with Gasteiger partial charge in [0.2, 0.25) is 5.91 Å². The Labute approximate surface area is 143 Å². The van der Waals surface area contributed by atoms with E-state index in [2.05, 4.69) is 12.2 Å². The standard InChI is InChI=1S/C19H26N2O3/c1-3-21(11-14-7-8-24-12-14)19(23)15-5-4-6-16(10-15)20-18(22)17-9-13(17)2/h4-6,10,13-14,17H,3,7-9,11-12H2,1-2H3,(H,20,22)/t13-,14+,17+/m1/s1. The molecule has 0 aromatic heterocycles. The number of nitrogens with one attached hydrogen (secondary N) is 1. The van der Waals surface area contributed by atoms with Gasteiger partial charge in [-0.15, -0.1) is 0 Å². The van der Waals surface area contributed by atoms with Gasteiger partial charge in [-0.25, -0.2) is 0 Å². The van der Waals surface area contributed by atoms with Crippen LogP contribution in [0.5, 0.6) is 0 Å². The molecule has 0 radical (unpaired) electrons. The van der Waals surface area contributed by atoms with E-state index in [1.54, 1.807) is 6.07 Å². The van der Waals surface area contributed by atoms with Crippen LogP contribution in [0, 0.1) is 17.8 Å². The first-order valence-corrected chi connectivity index (χ1v) is 8.86. The van der Waals surface area contributed by atoms with Crippen molar-refractivity contribution in [3.05, 3.63) is 29.8 Å². The van der Waals surface area contributed by atoms with Gasteiger partial charge >= 0.3 is 0 Å². The summed E-state index contributed by atoms with van der Waals surface area (Å²) in [5.41, 5.74) is 1.32. The van der Waals surface area contributed by atoms with E-state index in [4.69, 9.17) is 4.74 Å². The summed E-state index contributed by atoms with van der Waals surface area (Å²) in [6.07, 6.45) is 1.97. The highest BCUT2D eigenvalue weighted by atomic mass is 16.5. The number of carbonyl (C=O) groups is 2. The zero-order valence-electron chi connectivity index (χ0n) is 14.5. The predicted octanol–water partition coefficient (Wildman–Crippen LogP) is 2.78. The lowest BCUT2D eigenvalue weighted by Crippen LogP contribution is -2.35. The number of anilines is 1. The number of hydrogen-bond acceptors (Lipinski definition) is 3. The van der Waals surface area contributed by atoms with Gasteiger partial charge in [0.25, 0.3) is 5.91 Å². The molecule has 1 saturated carbocycles. The van der Waals surface area contributed by atoms with Crippen molar-refractivity contribution in [3.63, 3.8) is 0 Å². The molecule has 0 unspecified atom stereocenters. The number of nitrogens with zero attached hydrogens (tertiary/aromatic N) is 1. The maximum Gasteiger partial charge on any atom is 0.253 e. The van der Waals surface area contributed by atoms with Crippen molar-refractivity contribution >= 4 is 17.5 Å². The average molecular weight is 330 g/mol. The number of hydrogen-bond donors (Lipinski definition) is 1. The van der Waals surface area contributed by atoms with Gasteiger partial charge in [-0.05, 0) is 43.9 Å². The number of ether oxygens (including phenoxy) is 1. The third-order valence-electron chi connectivity index (χ3n) is 4.99. The van der Waals surface area contributed by atoms with Crippen LogP contribution in [-0.4, -0.2) is 43.0 Å². The molecule has 1 aliphatic heterocycles. The Morgan fingerprint density at radius 1 is 1.38 bits per heavy atom. The monoisotopic (exact) mass is 330 g/mol.